The molecule has 1 atom stereocenters. The summed E-state index contributed by atoms with van der Waals surface area (Å²) in [5.41, 5.74) is 2.61. The predicted octanol–water partition coefficient (Wildman–Crippen LogP) is 3.19. The van der Waals surface area contributed by atoms with Crippen molar-refractivity contribution in [2.75, 3.05) is 38.1 Å². The number of anilines is 1. The first-order valence-electron chi connectivity index (χ1n) is 10.7. The second-order valence-corrected chi connectivity index (χ2v) is 8.54. The number of hydrogen-bond acceptors (Lipinski definition) is 4. The minimum absolute atomic E-state index is 0.0726. The lowest BCUT2D eigenvalue weighted by Gasteiger charge is -2.46. The molecule has 0 radical (unpaired) electrons. The second-order valence-electron chi connectivity index (χ2n) is 8.54. The molecule has 2 amide bonds. The number of carbonyl (C=O) groups is 3. The summed E-state index contributed by atoms with van der Waals surface area (Å²) in [6.45, 7) is 4.37. The Kier molecular flexibility index (Phi) is 7.30. The smallest absolute Gasteiger partial charge is 0.475 e. The SMILES string of the molecule is Cc1ccc(C(=O)N2CCC3(C2)CN(c2ccccc2)C(=O)CN3C)cc1.O=C(O)C(F)(F)F. The molecular formula is C24H26F3N3O4. The van der Waals surface area contributed by atoms with Crippen LogP contribution in [0.2, 0.25) is 0 Å². The van der Waals surface area contributed by atoms with Crippen LogP contribution in [0.15, 0.2) is 54.6 Å². The van der Waals surface area contributed by atoms with E-state index in [1.54, 1.807) is 0 Å². The minimum Gasteiger partial charge on any atom is -0.475 e. The number of likely N-dealkylation sites (tertiary alicyclic amines) is 1. The molecule has 2 aliphatic heterocycles. The summed E-state index contributed by atoms with van der Waals surface area (Å²) >= 11 is 0. The summed E-state index contributed by atoms with van der Waals surface area (Å²) in [4.78, 5) is 40.4. The molecule has 2 saturated heterocycles. The first-order chi connectivity index (χ1) is 15.9. The van der Waals surface area contributed by atoms with Crippen molar-refractivity contribution < 1.29 is 32.7 Å². The molecule has 1 unspecified atom stereocenters. The van der Waals surface area contributed by atoms with Gasteiger partial charge in [-0.2, -0.15) is 13.2 Å². The number of nitrogens with zero attached hydrogens (tertiary/aromatic N) is 3. The molecular weight excluding hydrogens is 451 g/mol. The van der Waals surface area contributed by atoms with Crippen LogP contribution in [-0.2, 0) is 9.59 Å². The van der Waals surface area contributed by atoms with E-state index in [2.05, 4.69) is 4.90 Å². The summed E-state index contributed by atoms with van der Waals surface area (Å²) in [5, 5.41) is 7.12. The average molecular weight is 477 g/mol. The Morgan fingerprint density at radius 1 is 1.00 bits per heavy atom. The second kappa shape index (κ2) is 9.84. The standard InChI is InChI=1S/C22H25N3O2.C2HF3O2/c1-17-8-10-18(11-9-17)21(27)24-13-12-22(15-24)16-25(20(26)14-23(22)2)19-6-4-3-5-7-19;3-2(4,5)1(6)7/h3-11H,12-16H2,1-2H3;(H,6,7). The number of aliphatic carboxylic acids is 1. The Balaban J connectivity index is 0.000000406. The average Bonchev–Trinajstić information content (AvgIpc) is 3.22. The van der Waals surface area contributed by atoms with Crippen molar-refractivity contribution in [3.63, 3.8) is 0 Å². The number of benzene rings is 2. The number of aryl methyl sites for hydroxylation is 1. The molecule has 7 nitrogen and oxygen atoms in total. The number of alkyl halides is 3. The molecule has 1 spiro atoms. The molecule has 182 valence electrons. The Labute approximate surface area is 195 Å². The summed E-state index contributed by atoms with van der Waals surface area (Å²) in [6, 6.07) is 17.5. The highest BCUT2D eigenvalue weighted by Crippen LogP contribution is 2.34. The summed E-state index contributed by atoms with van der Waals surface area (Å²) in [5.74, 6) is -2.58. The Morgan fingerprint density at radius 3 is 2.15 bits per heavy atom. The topological polar surface area (TPSA) is 81.2 Å². The Hall–Kier alpha value is -3.40. The van der Waals surface area contributed by atoms with Gasteiger partial charge in [0.15, 0.2) is 0 Å². The molecule has 0 bridgehead atoms. The number of hydrogen-bond donors (Lipinski definition) is 1. The number of piperazine rings is 1. The van der Waals surface area contributed by atoms with Crippen molar-refractivity contribution in [2.24, 2.45) is 0 Å². The molecule has 0 aliphatic carbocycles. The molecule has 2 aliphatic rings. The van der Waals surface area contributed by atoms with E-state index in [1.807, 2.05) is 78.4 Å². The largest absolute Gasteiger partial charge is 0.490 e. The van der Waals surface area contributed by atoms with Gasteiger partial charge in [-0.3, -0.25) is 14.5 Å². The number of likely N-dealkylation sites (N-methyl/N-ethyl adjacent to an activating group) is 1. The van der Waals surface area contributed by atoms with Crippen LogP contribution in [0.4, 0.5) is 18.9 Å². The molecule has 10 heteroatoms. The molecule has 1 N–H and O–H groups in total. The van der Waals surface area contributed by atoms with Crippen molar-refractivity contribution in [3.8, 4) is 0 Å². The van der Waals surface area contributed by atoms with Crippen molar-refractivity contribution in [1.29, 1.82) is 0 Å². The fraction of sp³-hybridized carbons (Fsp3) is 0.375. The fourth-order valence-electron chi connectivity index (χ4n) is 4.15. The van der Waals surface area contributed by atoms with E-state index in [9.17, 15) is 22.8 Å². The maximum atomic E-state index is 12.9. The molecule has 4 rings (SSSR count). The normalized spacial score (nSPS) is 20.8. The lowest BCUT2D eigenvalue weighted by Crippen LogP contribution is -2.64. The minimum atomic E-state index is -5.08. The first kappa shape index (κ1) is 25.2. The quantitative estimate of drug-likeness (QED) is 0.719. The molecule has 2 fully saturated rings. The third kappa shape index (κ3) is 5.56. The molecule has 2 aromatic rings. The predicted molar refractivity (Wildman–Crippen MR) is 120 cm³/mol. The Bertz CT molecular complexity index is 1040. The van der Waals surface area contributed by atoms with E-state index in [1.165, 1.54) is 0 Å². The summed E-state index contributed by atoms with van der Waals surface area (Å²) in [6.07, 6.45) is -4.21. The maximum Gasteiger partial charge on any atom is 0.490 e. The number of carboxylic acid groups (broad SMARTS) is 1. The highest BCUT2D eigenvalue weighted by Gasteiger charge is 2.48. The molecule has 34 heavy (non-hydrogen) atoms. The van der Waals surface area contributed by atoms with Gasteiger partial charge in [0.05, 0.1) is 12.1 Å². The van der Waals surface area contributed by atoms with Crippen LogP contribution in [0.5, 0.6) is 0 Å². The Morgan fingerprint density at radius 2 is 1.59 bits per heavy atom. The van der Waals surface area contributed by atoms with Gasteiger partial charge in [-0.25, -0.2) is 4.79 Å². The molecule has 0 saturated carbocycles. The zero-order valence-electron chi connectivity index (χ0n) is 18.9. The van der Waals surface area contributed by atoms with E-state index in [0.29, 0.717) is 26.2 Å². The maximum absolute atomic E-state index is 12.9. The van der Waals surface area contributed by atoms with Gasteiger partial charge in [-0.05, 0) is 44.7 Å². The van der Waals surface area contributed by atoms with Crippen LogP contribution >= 0.6 is 0 Å². The van der Waals surface area contributed by atoms with Gasteiger partial charge < -0.3 is 14.9 Å². The van der Waals surface area contributed by atoms with Crippen molar-refractivity contribution in [2.45, 2.75) is 25.1 Å². The number of para-hydroxylation sites is 1. The lowest BCUT2D eigenvalue weighted by molar-refractivity contribution is -0.192. The van der Waals surface area contributed by atoms with Crippen LogP contribution < -0.4 is 4.90 Å². The van der Waals surface area contributed by atoms with Gasteiger partial charge >= 0.3 is 12.1 Å². The van der Waals surface area contributed by atoms with Crippen LogP contribution in [-0.4, -0.2) is 77.6 Å². The lowest BCUT2D eigenvalue weighted by atomic mass is 9.92. The zero-order chi connectivity index (χ0) is 25.1. The zero-order valence-corrected chi connectivity index (χ0v) is 18.9. The van der Waals surface area contributed by atoms with Gasteiger partial charge in [0.1, 0.15) is 0 Å². The van der Waals surface area contributed by atoms with Crippen LogP contribution in [0, 0.1) is 6.92 Å². The fourth-order valence-corrected chi connectivity index (χ4v) is 4.15. The van der Waals surface area contributed by atoms with Gasteiger partial charge in [-0.15, -0.1) is 0 Å². The van der Waals surface area contributed by atoms with Crippen LogP contribution in [0.3, 0.4) is 0 Å². The number of carbonyl (C=O) groups excluding carboxylic acids is 2. The van der Waals surface area contributed by atoms with Crippen LogP contribution in [0.25, 0.3) is 0 Å². The third-order valence-corrected chi connectivity index (χ3v) is 6.16. The van der Waals surface area contributed by atoms with Crippen molar-refractivity contribution >= 4 is 23.5 Å². The first-order valence-corrected chi connectivity index (χ1v) is 10.7. The van der Waals surface area contributed by atoms with Crippen LogP contribution in [0.1, 0.15) is 22.3 Å². The number of rotatable bonds is 2. The van der Waals surface area contributed by atoms with Gasteiger partial charge in [0, 0.05) is 30.9 Å². The van der Waals surface area contributed by atoms with Gasteiger partial charge in [-0.1, -0.05) is 35.9 Å². The number of amides is 2. The number of halogens is 3. The highest BCUT2D eigenvalue weighted by molar-refractivity contribution is 5.97. The van der Waals surface area contributed by atoms with Crippen molar-refractivity contribution in [1.82, 2.24) is 9.80 Å². The summed E-state index contributed by atoms with van der Waals surface area (Å²) in [7, 11) is 2.00. The molecule has 2 heterocycles. The number of carboxylic acids is 1. The van der Waals surface area contributed by atoms with E-state index in [-0.39, 0.29) is 17.4 Å². The van der Waals surface area contributed by atoms with Gasteiger partial charge in [0.25, 0.3) is 5.91 Å². The van der Waals surface area contributed by atoms with Gasteiger partial charge in [0.2, 0.25) is 5.91 Å². The molecule has 0 aromatic heterocycles. The van der Waals surface area contributed by atoms with E-state index < -0.39 is 12.1 Å². The highest BCUT2D eigenvalue weighted by atomic mass is 19.4. The van der Waals surface area contributed by atoms with E-state index in [0.717, 1.165) is 23.2 Å². The van der Waals surface area contributed by atoms with E-state index >= 15 is 0 Å². The monoisotopic (exact) mass is 477 g/mol. The summed E-state index contributed by atoms with van der Waals surface area (Å²) < 4.78 is 31.7. The third-order valence-electron chi connectivity index (χ3n) is 6.16. The van der Waals surface area contributed by atoms with E-state index in [4.69, 9.17) is 9.90 Å². The van der Waals surface area contributed by atoms with Crippen molar-refractivity contribution in [3.05, 3.63) is 65.7 Å². The molecule has 2 aromatic carbocycles.